The topological polar surface area (TPSA) is 61.8 Å². The van der Waals surface area contributed by atoms with E-state index in [1.54, 1.807) is 0 Å². The van der Waals surface area contributed by atoms with Crippen molar-refractivity contribution in [2.24, 2.45) is 10.4 Å². The Morgan fingerprint density at radius 1 is 1.27 bits per heavy atom. The molecule has 1 aromatic carbocycles. The molecule has 150 valence electrons. The number of hydrogen-bond donors (Lipinski definition) is 1. The summed E-state index contributed by atoms with van der Waals surface area (Å²) in [4.78, 5) is 6.76. The highest BCUT2D eigenvalue weighted by Gasteiger charge is 2.20. The van der Waals surface area contributed by atoms with Crippen molar-refractivity contribution in [1.29, 1.82) is 0 Å². The molecule has 0 saturated carbocycles. The van der Waals surface area contributed by atoms with Gasteiger partial charge in [0.05, 0.1) is 5.75 Å². The third-order valence-electron chi connectivity index (χ3n) is 3.84. The summed E-state index contributed by atoms with van der Waals surface area (Å²) >= 11 is 5.93. The molecule has 0 spiro atoms. The first-order chi connectivity index (χ1) is 11.5. The zero-order chi connectivity index (χ0) is 19.1. The Labute approximate surface area is 180 Å². The van der Waals surface area contributed by atoms with E-state index in [9.17, 15) is 8.42 Å². The van der Waals surface area contributed by atoms with Crippen LogP contribution in [0.25, 0.3) is 0 Å². The van der Waals surface area contributed by atoms with Gasteiger partial charge in [-0.1, -0.05) is 37.6 Å². The lowest BCUT2D eigenvalue weighted by Gasteiger charge is -2.26. The monoisotopic (exact) mass is 515 g/mol. The molecule has 0 amide bonds. The summed E-state index contributed by atoms with van der Waals surface area (Å²) in [6.07, 6.45) is 1.87. The average Bonchev–Trinajstić information content (AvgIpc) is 2.51. The summed E-state index contributed by atoms with van der Waals surface area (Å²) in [5.41, 5.74) is 0.971. The van der Waals surface area contributed by atoms with Crippen molar-refractivity contribution in [3.8, 4) is 0 Å². The molecule has 1 N–H and O–H groups in total. The molecule has 5 nitrogen and oxygen atoms in total. The number of benzene rings is 1. The number of sulfone groups is 1. The van der Waals surface area contributed by atoms with E-state index in [-0.39, 0.29) is 35.1 Å². The van der Waals surface area contributed by atoms with E-state index in [4.69, 9.17) is 16.6 Å². The highest BCUT2D eigenvalue weighted by Crippen LogP contribution is 2.21. The van der Waals surface area contributed by atoms with Crippen LogP contribution in [0.4, 0.5) is 0 Å². The van der Waals surface area contributed by atoms with Crippen LogP contribution >= 0.6 is 35.6 Å². The van der Waals surface area contributed by atoms with Crippen LogP contribution in [0.1, 0.15) is 32.8 Å². The average molecular weight is 516 g/mol. The number of nitrogens with zero attached hydrogens (tertiary/aromatic N) is 2. The fourth-order valence-corrected chi connectivity index (χ4v) is 3.29. The van der Waals surface area contributed by atoms with Gasteiger partial charge in [-0.3, -0.25) is 4.99 Å². The molecular formula is C18H31ClIN3O2S. The zero-order valence-corrected chi connectivity index (χ0v) is 20.2. The van der Waals surface area contributed by atoms with Crippen LogP contribution in [0, 0.1) is 5.41 Å². The molecule has 1 aromatic rings. The largest absolute Gasteiger partial charge is 0.357 e. The van der Waals surface area contributed by atoms with E-state index in [2.05, 4.69) is 10.2 Å². The maximum Gasteiger partial charge on any atom is 0.193 e. The van der Waals surface area contributed by atoms with Crippen molar-refractivity contribution in [3.63, 3.8) is 0 Å². The Balaban J connectivity index is 0.00000625. The molecule has 0 unspecified atom stereocenters. The minimum atomic E-state index is -2.95. The molecule has 0 bridgehead atoms. The maximum absolute atomic E-state index is 11.4. The SMILES string of the molecule is CCNC(=NCC(C)(C)CCS(C)(=O)=O)N(C)Cc1ccc(Cl)cc1.I. The molecule has 0 aliphatic heterocycles. The lowest BCUT2D eigenvalue weighted by molar-refractivity contribution is 0.361. The highest BCUT2D eigenvalue weighted by atomic mass is 127. The van der Waals surface area contributed by atoms with Gasteiger partial charge in [0.1, 0.15) is 9.84 Å². The van der Waals surface area contributed by atoms with Crippen LogP contribution in [0.2, 0.25) is 5.02 Å². The lowest BCUT2D eigenvalue weighted by atomic mass is 9.90. The summed E-state index contributed by atoms with van der Waals surface area (Å²) < 4.78 is 22.8. The normalized spacial score (nSPS) is 12.5. The van der Waals surface area contributed by atoms with Crippen LogP contribution in [0.5, 0.6) is 0 Å². The number of nitrogens with one attached hydrogen (secondary N) is 1. The number of halogens is 2. The molecule has 1 rings (SSSR count). The smallest absolute Gasteiger partial charge is 0.193 e. The van der Waals surface area contributed by atoms with Crippen LogP contribution < -0.4 is 5.32 Å². The molecular weight excluding hydrogens is 485 g/mol. The van der Waals surface area contributed by atoms with Gasteiger partial charge in [0.15, 0.2) is 5.96 Å². The first-order valence-corrected chi connectivity index (χ1v) is 10.9. The van der Waals surface area contributed by atoms with Gasteiger partial charge < -0.3 is 10.2 Å². The van der Waals surface area contributed by atoms with E-state index in [1.165, 1.54) is 6.26 Å². The van der Waals surface area contributed by atoms with Gasteiger partial charge in [-0.2, -0.15) is 0 Å². The fraction of sp³-hybridized carbons (Fsp3) is 0.611. The lowest BCUT2D eigenvalue weighted by Crippen LogP contribution is -2.39. The predicted molar refractivity (Wildman–Crippen MR) is 122 cm³/mol. The van der Waals surface area contributed by atoms with Crippen molar-refractivity contribution in [1.82, 2.24) is 10.2 Å². The van der Waals surface area contributed by atoms with Gasteiger partial charge >= 0.3 is 0 Å². The summed E-state index contributed by atoms with van der Waals surface area (Å²) in [6.45, 7) is 8.17. The molecule has 0 heterocycles. The first-order valence-electron chi connectivity index (χ1n) is 8.44. The second-order valence-corrected chi connectivity index (χ2v) is 9.89. The molecule has 0 aliphatic carbocycles. The Hall–Kier alpha value is -0.540. The number of hydrogen-bond acceptors (Lipinski definition) is 3. The molecule has 8 heteroatoms. The Bertz CT molecular complexity index is 676. The minimum absolute atomic E-state index is 0. The third-order valence-corrected chi connectivity index (χ3v) is 5.03. The van der Waals surface area contributed by atoms with Crippen molar-refractivity contribution >= 4 is 51.4 Å². The van der Waals surface area contributed by atoms with Crippen LogP contribution in [-0.4, -0.2) is 51.4 Å². The standard InChI is InChI=1S/C18H30ClN3O2S.HI/c1-6-20-17(21-14-18(2,3)11-12-25(5,23)24)22(4)13-15-7-9-16(19)10-8-15;/h7-10H,6,11-14H2,1-5H3,(H,20,21);1H. The van der Waals surface area contributed by atoms with E-state index < -0.39 is 9.84 Å². The summed E-state index contributed by atoms with van der Waals surface area (Å²) in [7, 11) is -0.966. The van der Waals surface area contributed by atoms with Gasteiger partial charge in [-0.15, -0.1) is 24.0 Å². The van der Waals surface area contributed by atoms with E-state index in [0.717, 1.165) is 23.1 Å². The molecule has 0 radical (unpaired) electrons. The van der Waals surface area contributed by atoms with Crippen LogP contribution in [0.15, 0.2) is 29.3 Å². The second-order valence-electron chi connectivity index (χ2n) is 7.20. The first kappa shape index (κ1) is 25.5. The van der Waals surface area contributed by atoms with Crippen molar-refractivity contribution < 1.29 is 8.42 Å². The highest BCUT2D eigenvalue weighted by molar-refractivity contribution is 14.0. The van der Waals surface area contributed by atoms with Gasteiger partial charge in [-0.25, -0.2) is 8.42 Å². The van der Waals surface area contributed by atoms with E-state index in [0.29, 0.717) is 19.5 Å². The Morgan fingerprint density at radius 3 is 2.35 bits per heavy atom. The Morgan fingerprint density at radius 2 is 1.85 bits per heavy atom. The Kier molecular flexibility index (Phi) is 11.1. The maximum atomic E-state index is 11.4. The summed E-state index contributed by atoms with van der Waals surface area (Å²) in [6, 6.07) is 7.75. The van der Waals surface area contributed by atoms with Gasteiger partial charge in [0.2, 0.25) is 0 Å². The molecule has 0 saturated heterocycles. The van der Waals surface area contributed by atoms with Crippen molar-refractivity contribution in [2.45, 2.75) is 33.7 Å². The zero-order valence-electron chi connectivity index (χ0n) is 16.3. The quantitative estimate of drug-likeness (QED) is 0.325. The summed E-state index contributed by atoms with van der Waals surface area (Å²) in [5.74, 6) is 0.997. The minimum Gasteiger partial charge on any atom is -0.357 e. The molecule has 0 aliphatic rings. The van der Waals surface area contributed by atoms with E-state index in [1.807, 2.05) is 52.1 Å². The third kappa shape index (κ3) is 10.6. The van der Waals surface area contributed by atoms with Gasteiger partial charge in [-0.05, 0) is 36.5 Å². The number of guanidine groups is 1. The van der Waals surface area contributed by atoms with Gasteiger partial charge in [0.25, 0.3) is 0 Å². The van der Waals surface area contributed by atoms with E-state index >= 15 is 0 Å². The number of aliphatic imine (C=N–C) groups is 1. The molecule has 0 fully saturated rings. The molecule has 26 heavy (non-hydrogen) atoms. The van der Waals surface area contributed by atoms with Crippen molar-refractivity contribution in [2.75, 3.05) is 32.1 Å². The fourth-order valence-electron chi connectivity index (χ4n) is 2.24. The predicted octanol–water partition coefficient (Wildman–Crippen LogP) is 3.82. The van der Waals surface area contributed by atoms with Crippen LogP contribution in [-0.2, 0) is 16.4 Å². The second kappa shape index (κ2) is 11.3. The summed E-state index contributed by atoms with van der Waals surface area (Å²) in [5, 5.41) is 4.01. The van der Waals surface area contributed by atoms with Crippen molar-refractivity contribution in [3.05, 3.63) is 34.9 Å². The van der Waals surface area contributed by atoms with Gasteiger partial charge in [0, 0.05) is 38.0 Å². The molecule has 0 aromatic heterocycles. The van der Waals surface area contributed by atoms with Crippen LogP contribution in [0.3, 0.4) is 0 Å². The molecule has 0 atom stereocenters. The number of rotatable bonds is 8.